The Morgan fingerprint density at radius 1 is 1.38 bits per heavy atom. The molecule has 0 amide bonds. The number of ketones is 1. The average molecular weight is 215 g/mol. The maximum atomic E-state index is 11.9. The summed E-state index contributed by atoms with van der Waals surface area (Å²) >= 11 is 0. The van der Waals surface area contributed by atoms with E-state index in [0.29, 0.717) is 12.3 Å². The monoisotopic (exact) mass is 215 g/mol. The summed E-state index contributed by atoms with van der Waals surface area (Å²) in [5.74, 6) is 0.823. The molecule has 1 atom stereocenters. The highest BCUT2D eigenvalue weighted by atomic mass is 16.3. The third-order valence-electron chi connectivity index (χ3n) is 3.25. The van der Waals surface area contributed by atoms with Crippen LogP contribution in [0.1, 0.15) is 29.4 Å². The molecule has 82 valence electrons. The number of aromatic hydroxyl groups is 1. The van der Waals surface area contributed by atoms with Crippen molar-refractivity contribution >= 4 is 16.7 Å². The number of hydrogen-bond donors (Lipinski definition) is 2. The van der Waals surface area contributed by atoms with Crippen LogP contribution in [0.15, 0.2) is 18.2 Å². The Bertz CT molecular complexity index is 583. The second-order valence-corrected chi connectivity index (χ2v) is 4.65. The quantitative estimate of drug-likeness (QED) is 0.709. The number of aromatic amines is 1. The Morgan fingerprint density at radius 2 is 2.19 bits per heavy atom. The topological polar surface area (TPSA) is 53.1 Å². The van der Waals surface area contributed by atoms with Crippen molar-refractivity contribution in [3.8, 4) is 5.75 Å². The highest BCUT2D eigenvalue weighted by molar-refractivity contribution is 6.03. The zero-order chi connectivity index (χ0) is 11.3. The summed E-state index contributed by atoms with van der Waals surface area (Å²) in [5, 5.41) is 10.5. The maximum absolute atomic E-state index is 11.9. The van der Waals surface area contributed by atoms with Gasteiger partial charge in [0.05, 0.1) is 5.69 Å². The van der Waals surface area contributed by atoms with E-state index in [4.69, 9.17) is 0 Å². The van der Waals surface area contributed by atoms with Gasteiger partial charge in [0.1, 0.15) is 5.75 Å². The number of fused-ring (bicyclic) bond motifs is 3. The number of phenols is 1. The second-order valence-electron chi connectivity index (χ2n) is 4.65. The van der Waals surface area contributed by atoms with Crippen LogP contribution in [0.3, 0.4) is 0 Å². The van der Waals surface area contributed by atoms with Gasteiger partial charge in [0.25, 0.3) is 0 Å². The average Bonchev–Trinajstić information content (AvgIpc) is 2.56. The van der Waals surface area contributed by atoms with Crippen LogP contribution in [0.2, 0.25) is 0 Å². The molecule has 0 bridgehead atoms. The predicted molar refractivity (Wildman–Crippen MR) is 61.8 cm³/mol. The van der Waals surface area contributed by atoms with Gasteiger partial charge in [-0.3, -0.25) is 4.79 Å². The highest BCUT2D eigenvalue weighted by Crippen LogP contribution is 2.32. The molecule has 2 aromatic rings. The molecule has 0 aliphatic heterocycles. The normalized spacial score (nSPS) is 20.1. The number of benzene rings is 1. The van der Waals surface area contributed by atoms with Crippen molar-refractivity contribution in [1.82, 2.24) is 4.98 Å². The van der Waals surface area contributed by atoms with Crippen LogP contribution >= 0.6 is 0 Å². The van der Waals surface area contributed by atoms with Gasteiger partial charge in [0.15, 0.2) is 5.78 Å². The van der Waals surface area contributed by atoms with Crippen LogP contribution in [0.4, 0.5) is 0 Å². The molecule has 3 rings (SSSR count). The highest BCUT2D eigenvalue weighted by Gasteiger charge is 2.25. The van der Waals surface area contributed by atoms with Gasteiger partial charge in [0, 0.05) is 23.4 Å². The number of H-pyrrole nitrogens is 1. The minimum atomic E-state index is 0.185. The van der Waals surface area contributed by atoms with Crippen molar-refractivity contribution in [3.63, 3.8) is 0 Å². The van der Waals surface area contributed by atoms with Crippen molar-refractivity contribution in [3.05, 3.63) is 29.5 Å². The summed E-state index contributed by atoms with van der Waals surface area (Å²) in [6.07, 6.45) is 1.55. The fourth-order valence-electron chi connectivity index (χ4n) is 2.53. The Balaban J connectivity index is 2.30. The van der Waals surface area contributed by atoms with Gasteiger partial charge in [-0.15, -0.1) is 0 Å². The van der Waals surface area contributed by atoms with Gasteiger partial charge >= 0.3 is 0 Å². The van der Waals surface area contributed by atoms with E-state index in [1.807, 2.05) is 6.07 Å². The van der Waals surface area contributed by atoms with Crippen LogP contribution in [0.5, 0.6) is 5.75 Å². The largest absolute Gasteiger partial charge is 0.508 e. The molecule has 1 aromatic heterocycles. The SMILES string of the molecule is CC1CC(=O)c2[nH]c3cc(O)ccc3c2C1. The number of hydrogen-bond acceptors (Lipinski definition) is 2. The number of Topliss-reactive ketones (excluding diaryl/α,β-unsaturated/α-hetero) is 1. The summed E-state index contributed by atoms with van der Waals surface area (Å²) in [7, 11) is 0. The first kappa shape index (κ1) is 9.46. The number of carbonyl (C=O) groups excluding carboxylic acids is 1. The van der Waals surface area contributed by atoms with Gasteiger partial charge in [0.2, 0.25) is 0 Å². The summed E-state index contributed by atoms with van der Waals surface area (Å²) in [5.41, 5.74) is 2.70. The van der Waals surface area contributed by atoms with Crippen LogP contribution in [0.25, 0.3) is 10.9 Å². The minimum absolute atomic E-state index is 0.185. The molecule has 1 aliphatic rings. The van der Waals surface area contributed by atoms with Crippen molar-refractivity contribution in [2.75, 3.05) is 0 Å². The molecule has 16 heavy (non-hydrogen) atoms. The van der Waals surface area contributed by atoms with Gasteiger partial charge < -0.3 is 10.1 Å². The lowest BCUT2D eigenvalue weighted by atomic mass is 9.87. The van der Waals surface area contributed by atoms with Gasteiger partial charge in [-0.2, -0.15) is 0 Å². The van der Waals surface area contributed by atoms with Crippen molar-refractivity contribution in [2.45, 2.75) is 19.8 Å². The molecule has 0 spiro atoms. The Labute approximate surface area is 93.1 Å². The number of carbonyl (C=O) groups is 1. The Kier molecular flexibility index (Phi) is 1.84. The van der Waals surface area contributed by atoms with E-state index in [2.05, 4.69) is 11.9 Å². The van der Waals surface area contributed by atoms with E-state index >= 15 is 0 Å². The van der Waals surface area contributed by atoms with E-state index in [1.165, 1.54) is 0 Å². The zero-order valence-corrected chi connectivity index (χ0v) is 9.08. The smallest absolute Gasteiger partial charge is 0.179 e. The van der Waals surface area contributed by atoms with E-state index in [1.54, 1.807) is 12.1 Å². The summed E-state index contributed by atoms with van der Waals surface area (Å²) < 4.78 is 0. The number of rotatable bonds is 0. The van der Waals surface area contributed by atoms with Gasteiger partial charge in [-0.1, -0.05) is 6.92 Å². The van der Waals surface area contributed by atoms with Crippen LogP contribution in [-0.4, -0.2) is 15.9 Å². The summed E-state index contributed by atoms with van der Waals surface area (Å²) in [6, 6.07) is 5.22. The third-order valence-corrected chi connectivity index (χ3v) is 3.25. The van der Waals surface area contributed by atoms with E-state index in [0.717, 1.165) is 28.6 Å². The first-order valence-corrected chi connectivity index (χ1v) is 5.52. The molecular formula is C13H13NO2. The molecule has 0 fully saturated rings. The first-order valence-electron chi connectivity index (χ1n) is 5.52. The fourth-order valence-corrected chi connectivity index (χ4v) is 2.53. The minimum Gasteiger partial charge on any atom is -0.508 e. The molecule has 3 heteroatoms. The lowest BCUT2D eigenvalue weighted by Crippen LogP contribution is -2.17. The van der Waals surface area contributed by atoms with Crippen LogP contribution in [-0.2, 0) is 6.42 Å². The van der Waals surface area contributed by atoms with Crippen LogP contribution < -0.4 is 0 Å². The van der Waals surface area contributed by atoms with E-state index in [9.17, 15) is 9.90 Å². The van der Waals surface area contributed by atoms with E-state index < -0.39 is 0 Å². The molecular weight excluding hydrogens is 202 g/mol. The summed E-state index contributed by atoms with van der Waals surface area (Å²) in [4.78, 5) is 15.0. The molecule has 1 heterocycles. The lowest BCUT2D eigenvalue weighted by Gasteiger charge is -2.16. The lowest BCUT2D eigenvalue weighted by molar-refractivity contribution is 0.0949. The standard InChI is InChI=1S/C13H13NO2/c1-7-4-10-9-3-2-8(15)6-11(9)14-13(10)12(16)5-7/h2-3,6-7,14-15H,4-5H2,1H3. The Morgan fingerprint density at radius 3 is 3.00 bits per heavy atom. The third kappa shape index (κ3) is 1.24. The molecule has 0 radical (unpaired) electrons. The van der Waals surface area contributed by atoms with Crippen molar-refractivity contribution in [1.29, 1.82) is 0 Å². The second kappa shape index (κ2) is 3.11. The zero-order valence-electron chi connectivity index (χ0n) is 9.08. The number of nitrogens with one attached hydrogen (secondary N) is 1. The summed E-state index contributed by atoms with van der Waals surface area (Å²) in [6.45, 7) is 2.10. The molecule has 0 saturated heterocycles. The molecule has 0 saturated carbocycles. The van der Waals surface area contributed by atoms with E-state index in [-0.39, 0.29) is 11.5 Å². The van der Waals surface area contributed by atoms with Crippen molar-refractivity contribution in [2.24, 2.45) is 5.92 Å². The molecule has 1 unspecified atom stereocenters. The molecule has 1 aliphatic carbocycles. The number of aromatic nitrogens is 1. The number of phenolic OH excluding ortho intramolecular Hbond substituents is 1. The maximum Gasteiger partial charge on any atom is 0.179 e. The molecule has 2 N–H and O–H groups in total. The fraction of sp³-hybridized carbons (Fsp3) is 0.308. The van der Waals surface area contributed by atoms with Crippen molar-refractivity contribution < 1.29 is 9.90 Å². The predicted octanol–water partition coefficient (Wildman–Crippen LogP) is 2.64. The Hall–Kier alpha value is -1.77. The van der Waals surface area contributed by atoms with Gasteiger partial charge in [-0.05, 0) is 30.0 Å². The van der Waals surface area contributed by atoms with Crippen LogP contribution in [0, 0.1) is 5.92 Å². The van der Waals surface area contributed by atoms with Gasteiger partial charge in [-0.25, -0.2) is 0 Å². The molecule has 1 aromatic carbocycles. The first-order chi connectivity index (χ1) is 7.65. The molecule has 3 nitrogen and oxygen atoms in total.